The molecule has 1 unspecified atom stereocenters. The summed E-state index contributed by atoms with van der Waals surface area (Å²) in [5.74, 6) is 2.43. The maximum absolute atomic E-state index is 9.49. The quantitative estimate of drug-likeness (QED) is 0.672. The minimum atomic E-state index is -0.0796. The van der Waals surface area contributed by atoms with E-state index in [0.29, 0.717) is 18.7 Å². The zero-order valence-corrected chi connectivity index (χ0v) is 16.8. The summed E-state index contributed by atoms with van der Waals surface area (Å²) in [7, 11) is 3.30. The van der Waals surface area contributed by atoms with Crippen LogP contribution in [-0.2, 0) is 4.74 Å². The van der Waals surface area contributed by atoms with Crippen molar-refractivity contribution in [2.24, 2.45) is 0 Å². The average molecular weight is 389 g/mol. The number of nitriles is 1. The van der Waals surface area contributed by atoms with Gasteiger partial charge in [0.15, 0.2) is 0 Å². The molecule has 0 bridgehead atoms. The van der Waals surface area contributed by atoms with Crippen molar-refractivity contribution in [3.63, 3.8) is 0 Å². The molecule has 6 heteroatoms. The van der Waals surface area contributed by atoms with Crippen molar-refractivity contribution in [1.82, 2.24) is 4.98 Å². The second kappa shape index (κ2) is 7.98. The minimum absolute atomic E-state index is 0.0796. The lowest BCUT2D eigenvalue weighted by molar-refractivity contribution is 0.0395. The fourth-order valence-electron chi connectivity index (χ4n) is 3.75. The summed E-state index contributed by atoms with van der Waals surface area (Å²) >= 11 is 0. The highest BCUT2D eigenvalue weighted by Crippen LogP contribution is 2.34. The van der Waals surface area contributed by atoms with Gasteiger partial charge in [-0.3, -0.25) is 0 Å². The maximum Gasteiger partial charge on any atom is 0.136 e. The van der Waals surface area contributed by atoms with Gasteiger partial charge in [0.25, 0.3) is 0 Å². The topological polar surface area (TPSA) is 67.6 Å². The number of morpholine rings is 1. The maximum atomic E-state index is 9.49. The summed E-state index contributed by atoms with van der Waals surface area (Å²) in [6.45, 7) is 4.03. The standard InChI is InChI=1S/C23H23N3O3/c1-15-4-5-16(10-21(15)28-3)22-14-26(8-9-29-22)23-19-7-6-18(27-2)11-20(19)17(12-24)13-25-23/h4-7,10-11,13,22H,8-9,14H2,1-3H3. The number of hydrogen-bond donors (Lipinski definition) is 0. The van der Waals surface area contributed by atoms with Gasteiger partial charge in [-0.1, -0.05) is 12.1 Å². The van der Waals surface area contributed by atoms with E-state index in [9.17, 15) is 5.26 Å². The molecular formula is C23H23N3O3. The molecule has 1 aliphatic heterocycles. The van der Waals surface area contributed by atoms with Crippen LogP contribution in [0.15, 0.2) is 42.6 Å². The molecule has 0 radical (unpaired) electrons. The van der Waals surface area contributed by atoms with Crippen molar-refractivity contribution in [2.45, 2.75) is 13.0 Å². The molecule has 6 nitrogen and oxygen atoms in total. The van der Waals surface area contributed by atoms with Gasteiger partial charge in [0.2, 0.25) is 0 Å². The summed E-state index contributed by atoms with van der Waals surface area (Å²) in [5, 5.41) is 11.3. The lowest BCUT2D eigenvalue weighted by Crippen LogP contribution is -2.39. The lowest BCUT2D eigenvalue weighted by atomic mass is 10.0. The van der Waals surface area contributed by atoms with Gasteiger partial charge < -0.3 is 19.1 Å². The van der Waals surface area contributed by atoms with Crippen LogP contribution in [0.2, 0.25) is 0 Å². The van der Waals surface area contributed by atoms with E-state index in [-0.39, 0.29) is 6.10 Å². The van der Waals surface area contributed by atoms with Crippen molar-refractivity contribution in [2.75, 3.05) is 38.8 Å². The molecule has 0 spiro atoms. The summed E-state index contributed by atoms with van der Waals surface area (Å²) in [6.07, 6.45) is 1.56. The highest BCUT2D eigenvalue weighted by molar-refractivity contribution is 5.96. The van der Waals surface area contributed by atoms with Crippen molar-refractivity contribution >= 4 is 16.6 Å². The first kappa shape index (κ1) is 19.0. The van der Waals surface area contributed by atoms with E-state index in [0.717, 1.165) is 45.8 Å². The number of ether oxygens (including phenoxy) is 3. The number of anilines is 1. The number of pyridine rings is 1. The van der Waals surface area contributed by atoms with E-state index >= 15 is 0 Å². The van der Waals surface area contributed by atoms with Crippen LogP contribution in [0.1, 0.15) is 22.8 Å². The highest BCUT2D eigenvalue weighted by atomic mass is 16.5. The average Bonchev–Trinajstić information content (AvgIpc) is 2.78. The number of methoxy groups -OCH3 is 2. The Labute approximate surface area is 170 Å². The highest BCUT2D eigenvalue weighted by Gasteiger charge is 2.25. The van der Waals surface area contributed by atoms with Gasteiger partial charge in [-0.25, -0.2) is 4.98 Å². The first-order chi connectivity index (χ1) is 14.1. The van der Waals surface area contributed by atoms with Crippen LogP contribution >= 0.6 is 0 Å². The van der Waals surface area contributed by atoms with Crippen LogP contribution in [0, 0.1) is 18.3 Å². The largest absolute Gasteiger partial charge is 0.497 e. The molecule has 2 heterocycles. The van der Waals surface area contributed by atoms with Crippen LogP contribution in [0.4, 0.5) is 5.82 Å². The third kappa shape index (κ3) is 3.57. The molecule has 0 N–H and O–H groups in total. The Hall–Kier alpha value is -3.30. The van der Waals surface area contributed by atoms with E-state index in [2.05, 4.69) is 28.1 Å². The van der Waals surface area contributed by atoms with Crippen molar-refractivity contribution in [1.29, 1.82) is 5.26 Å². The Kier molecular flexibility index (Phi) is 5.24. The summed E-state index contributed by atoms with van der Waals surface area (Å²) < 4.78 is 16.9. The third-order valence-corrected chi connectivity index (χ3v) is 5.36. The smallest absolute Gasteiger partial charge is 0.136 e. The van der Waals surface area contributed by atoms with Crippen molar-refractivity contribution < 1.29 is 14.2 Å². The zero-order valence-electron chi connectivity index (χ0n) is 16.8. The first-order valence-electron chi connectivity index (χ1n) is 9.52. The van der Waals surface area contributed by atoms with Crippen molar-refractivity contribution in [3.05, 3.63) is 59.3 Å². The predicted octanol–water partition coefficient (Wildman–Crippen LogP) is 4.01. The van der Waals surface area contributed by atoms with Gasteiger partial charge in [0.05, 0.1) is 26.4 Å². The molecular weight excluding hydrogens is 366 g/mol. The molecule has 0 saturated carbocycles. The fourth-order valence-corrected chi connectivity index (χ4v) is 3.75. The number of rotatable bonds is 4. The summed E-state index contributed by atoms with van der Waals surface area (Å²) in [4.78, 5) is 6.83. The van der Waals surface area contributed by atoms with Crippen LogP contribution < -0.4 is 14.4 Å². The molecule has 1 aliphatic rings. The van der Waals surface area contributed by atoms with Crippen LogP contribution in [0.5, 0.6) is 11.5 Å². The second-order valence-corrected chi connectivity index (χ2v) is 7.05. The van der Waals surface area contributed by atoms with E-state index in [4.69, 9.17) is 14.2 Å². The molecule has 2 aromatic carbocycles. The van der Waals surface area contributed by atoms with Gasteiger partial charge in [0.1, 0.15) is 29.5 Å². The number of aryl methyl sites for hydroxylation is 1. The molecule has 1 atom stereocenters. The Bertz CT molecular complexity index is 1090. The van der Waals surface area contributed by atoms with Gasteiger partial charge in [-0.2, -0.15) is 5.26 Å². The number of hydrogen-bond acceptors (Lipinski definition) is 6. The molecule has 1 aromatic heterocycles. The second-order valence-electron chi connectivity index (χ2n) is 7.05. The van der Waals surface area contributed by atoms with Gasteiger partial charge in [-0.15, -0.1) is 0 Å². The number of fused-ring (bicyclic) bond motifs is 1. The molecule has 4 rings (SSSR count). The van der Waals surface area contributed by atoms with E-state index in [1.165, 1.54) is 0 Å². The predicted molar refractivity (Wildman–Crippen MR) is 112 cm³/mol. The third-order valence-electron chi connectivity index (χ3n) is 5.36. The van der Waals surface area contributed by atoms with E-state index in [1.54, 1.807) is 20.4 Å². The molecule has 0 aliphatic carbocycles. The number of aromatic nitrogens is 1. The lowest BCUT2D eigenvalue weighted by Gasteiger charge is -2.34. The first-order valence-corrected chi connectivity index (χ1v) is 9.52. The Morgan fingerprint density at radius 3 is 2.76 bits per heavy atom. The Morgan fingerprint density at radius 2 is 2.00 bits per heavy atom. The Morgan fingerprint density at radius 1 is 1.14 bits per heavy atom. The van der Waals surface area contributed by atoms with Crippen molar-refractivity contribution in [3.8, 4) is 17.6 Å². The fraction of sp³-hybridized carbons (Fsp3) is 0.304. The monoisotopic (exact) mass is 389 g/mol. The molecule has 148 valence electrons. The summed E-state index contributed by atoms with van der Waals surface area (Å²) in [6, 6.07) is 14.2. The molecule has 1 saturated heterocycles. The molecule has 0 amide bonds. The van der Waals surface area contributed by atoms with Crippen LogP contribution in [0.25, 0.3) is 10.8 Å². The van der Waals surface area contributed by atoms with Gasteiger partial charge in [0, 0.05) is 30.1 Å². The van der Waals surface area contributed by atoms with Crippen LogP contribution in [-0.4, -0.2) is 38.9 Å². The number of benzene rings is 2. The molecule has 3 aromatic rings. The zero-order chi connectivity index (χ0) is 20.4. The van der Waals surface area contributed by atoms with Gasteiger partial charge in [-0.05, 0) is 42.3 Å². The SMILES string of the molecule is COc1ccc2c(N3CCOC(c4ccc(C)c(OC)c4)C3)ncc(C#N)c2c1. The van der Waals surface area contributed by atoms with E-state index < -0.39 is 0 Å². The normalized spacial score (nSPS) is 16.5. The van der Waals surface area contributed by atoms with Gasteiger partial charge >= 0.3 is 0 Å². The molecule has 29 heavy (non-hydrogen) atoms. The van der Waals surface area contributed by atoms with Crippen LogP contribution in [0.3, 0.4) is 0 Å². The summed E-state index contributed by atoms with van der Waals surface area (Å²) in [5.41, 5.74) is 2.71. The Balaban J connectivity index is 1.70. The molecule has 1 fully saturated rings. The minimum Gasteiger partial charge on any atom is -0.497 e. The van der Waals surface area contributed by atoms with E-state index in [1.807, 2.05) is 31.2 Å². The number of nitrogens with zero attached hydrogens (tertiary/aromatic N) is 3.